The lowest BCUT2D eigenvalue weighted by molar-refractivity contribution is 0.0574. The van der Waals surface area contributed by atoms with Crippen LogP contribution in [-0.4, -0.2) is 21.8 Å². The highest BCUT2D eigenvalue weighted by Crippen LogP contribution is 2.24. The normalized spacial score (nSPS) is 14.9. The van der Waals surface area contributed by atoms with E-state index in [0.29, 0.717) is 12.4 Å². The first-order valence-corrected chi connectivity index (χ1v) is 5.58. The van der Waals surface area contributed by atoms with Gasteiger partial charge in [0.1, 0.15) is 6.10 Å². The van der Waals surface area contributed by atoms with Gasteiger partial charge in [0, 0.05) is 11.9 Å². The van der Waals surface area contributed by atoms with Gasteiger partial charge in [0.15, 0.2) is 11.6 Å². The average Bonchev–Trinajstić information content (AvgIpc) is 2.26. The maximum atomic E-state index is 12.6. The predicted molar refractivity (Wildman–Crippen MR) is 57.6 cm³/mol. The van der Waals surface area contributed by atoms with E-state index in [0.717, 1.165) is 12.4 Å². The highest BCUT2D eigenvalue weighted by atomic mass is 32.2. The molecule has 1 aromatic rings. The second-order valence-electron chi connectivity index (χ2n) is 2.98. The van der Waals surface area contributed by atoms with Crippen LogP contribution in [0, 0.1) is 5.82 Å². The smallest absolute Gasteiger partial charge is 0.159 e. The van der Waals surface area contributed by atoms with Crippen molar-refractivity contribution in [1.29, 1.82) is 0 Å². The topological polar surface area (TPSA) is 61.0 Å². The van der Waals surface area contributed by atoms with Crippen molar-refractivity contribution >= 4 is 11.9 Å². The molecule has 0 amide bonds. The summed E-state index contributed by atoms with van der Waals surface area (Å²) in [5.74, 6) is 0.00533. The van der Waals surface area contributed by atoms with Crippen LogP contribution >= 0.6 is 11.9 Å². The number of aromatic nitrogens is 2. The molecule has 0 radical (unpaired) electrons. The van der Waals surface area contributed by atoms with Crippen LogP contribution in [0.5, 0.6) is 0 Å². The van der Waals surface area contributed by atoms with Gasteiger partial charge in [0.25, 0.3) is 0 Å². The fourth-order valence-corrected chi connectivity index (χ4v) is 1.48. The Balaban J connectivity index is 2.83. The Morgan fingerprint density at radius 2 is 2.13 bits per heavy atom. The predicted octanol–water partition coefficient (Wildman–Crippen LogP) is 1.69. The molecule has 84 valence electrons. The summed E-state index contributed by atoms with van der Waals surface area (Å²) >= 11 is 1.17. The number of hydrogen-bond acceptors (Lipinski definition) is 5. The van der Waals surface area contributed by atoms with Gasteiger partial charge in [-0.2, -0.15) is 0 Å². The molecule has 15 heavy (non-hydrogen) atoms. The SMILES string of the molecule is CCOC(c1ncc(F)cn1)[C@H](C)SN. The van der Waals surface area contributed by atoms with Crippen molar-refractivity contribution in [3.63, 3.8) is 0 Å². The summed E-state index contributed by atoms with van der Waals surface area (Å²) in [6, 6.07) is 0. The van der Waals surface area contributed by atoms with E-state index in [9.17, 15) is 4.39 Å². The van der Waals surface area contributed by atoms with Gasteiger partial charge in [0.05, 0.1) is 12.4 Å². The van der Waals surface area contributed by atoms with Gasteiger partial charge in [-0.1, -0.05) is 11.9 Å². The minimum absolute atomic E-state index is 0.0235. The van der Waals surface area contributed by atoms with Crippen LogP contribution in [0.2, 0.25) is 0 Å². The summed E-state index contributed by atoms with van der Waals surface area (Å²) in [5, 5.41) is 5.50. The maximum absolute atomic E-state index is 12.6. The molecule has 4 nitrogen and oxygen atoms in total. The van der Waals surface area contributed by atoms with Crippen molar-refractivity contribution in [2.24, 2.45) is 5.14 Å². The van der Waals surface area contributed by atoms with Gasteiger partial charge >= 0.3 is 0 Å². The van der Waals surface area contributed by atoms with Crippen molar-refractivity contribution < 1.29 is 9.13 Å². The van der Waals surface area contributed by atoms with Crippen LogP contribution < -0.4 is 5.14 Å². The molecule has 0 spiro atoms. The van der Waals surface area contributed by atoms with Gasteiger partial charge in [-0.05, 0) is 13.8 Å². The molecule has 0 aromatic carbocycles. The number of nitrogens with zero attached hydrogens (tertiary/aromatic N) is 2. The third-order valence-electron chi connectivity index (χ3n) is 1.88. The van der Waals surface area contributed by atoms with E-state index in [1.165, 1.54) is 11.9 Å². The molecule has 6 heteroatoms. The molecule has 0 saturated carbocycles. The summed E-state index contributed by atoms with van der Waals surface area (Å²) in [6.45, 7) is 4.33. The number of hydrogen-bond donors (Lipinski definition) is 1. The first kappa shape index (κ1) is 12.4. The fourth-order valence-electron chi connectivity index (χ4n) is 1.14. The van der Waals surface area contributed by atoms with E-state index < -0.39 is 5.82 Å². The summed E-state index contributed by atoms with van der Waals surface area (Å²) in [7, 11) is 0. The molecule has 0 fully saturated rings. The third kappa shape index (κ3) is 3.40. The molecule has 0 saturated heterocycles. The van der Waals surface area contributed by atoms with Crippen LogP contribution in [0.15, 0.2) is 12.4 Å². The van der Waals surface area contributed by atoms with Gasteiger partial charge in [-0.15, -0.1) is 0 Å². The minimum Gasteiger partial charge on any atom is -0.369 e. The molecule has 0 aliphatic heterocycles. The van der Waals surface area contributed by atoms with E-state index in [4.69, 9.17) is 9.88 Å². The highest BCUT2D eigenvalue weighted by Gasteiger charge is 2.22. The molecule has 1 heterocycles. The highest BCUT2D eigenvalue weighted by molar-refractivity contribution is 7.97. The lowest BCUT2D eigenvalue weighted by atomic mass is 10.2. The van der Waals surface area contributed by atoms with Gasteiger partial charge < -0.3 is 4.74 Å². The Labute approximate surface area is 92.6 Å². The largest absolute Gasteiger partial charge is 0.369 e. The van der Waals surface area contributed by atoms with Crippen molar-refractivity contribution in [2.75, 3.05) is 6.61 Å². The second kappa shape index (κ2) is 5.99. The first-order valence-electron chi connectivity index (χ1n) is 4.63. The lowest BCUT2D eigenvalue weighted by Crippen LogP contribution is -2.20. The Bertz CT molecular complexity index is 296. The summed E-state index contributed by atoms with van der Waals surface area (Å²) in [5.41, 5.74) is 0. The van der Waals surface area contributed by atoms with Crippen molar-refractivity contribution in [2.45, 2.75) is 25.2 Å². The number of ether oxygens (including phenoxy) is 1. The van der Waals surface area contributed by atoms with E-state index in [1.54, 1.807) is 0 Å². The zero-order chi connectivity index (χ0) is 11.3. The molecular formula is C9H14FN3OS. The molecule has 1 rings (SSSR count). The third-order valence-corrected chi connectivity index (χ3v) is 2.56. The Morgan fingerprint density at radius 1 is 1.53 bits per heavy atom. The van der Waals surface area contributed by atoms with Crippen molar-refractivity contribution in [1.82, 2.24) is 9.97 Å². The number of rotatable bonds is 5. The summed E-state index contributed by atoms with van der Waals surface area (Å²) in [6.07, 6.45) is 1.95. The zero-order valence-electron chi connectivity index (χ0n) is 8.68. The van der Waals surface area contributed by atoms with E-state index >= 15 is 0 Å². The summed E-state index contributed by atoms with van der Waals surface area (Å²) < 4.78 is 18.1. The number of nitrogens with two attached hydrogens (primary N) is 1. The number of halogens is 1. The molecule has 2 N–H and O–H groups in total. The van der Waals surface area contributed by atoms with Crippen LogP contribution in [0.25, 0.3) is 0 Å². The quantitative estimate of drug-likeness (QED) is 0.781. The van der Waals surface area contributed by atoms with Crippen LogP contribution in [0.3, 0.4) is 0 Å². The first-order chi connectivity index (χ1) is 7.19. The van der Waals surface area contributed by atoms with E-state index in [1.807, 2.05) is 13.8 Å². The molecule has 0 aliphatic rings. The van der Waals surface area contributed by atoms with E-state index in [-0.39, 0.29) is 11.4 Å². The van der Waals surface area contributed by atoms with Crippen LogP contribution in [0.4, 0.5) is 4.39 Å². The lowest BCUT2D eigenvalue weighted by Gasteiger charge is -2.20. The molecule has 0 bridgehead atoms. The summed E-state index contributed by atoms with van der Waals surface area (Å²) in [4.78, 5) is 7.77. The van der Waals surface area contributed by atoms with Crippen LogP contribution in [0.1, 0.15) is 25.8 Å². The molecule has 1 unspecified atom stereocenters. The van der Waals surface area contributed by atoms with Crippen molar-refractivity contribution in [3.8, 4) is 0 Å². The molecule has 2 atom stereocenters. The standard InChI is InChI=1S/C9H14FN3OS/c1-3-14-8(6(2)15-11)9-12-4-7(10)5-13-9/h4-6,8H,3,11H2,1-2H3/t6-,8?/m0/s1. The zero-order valence-corrected chi connectivity index (χ0v) is 9.50. The minimum atomic E-state index is -0.456. The molecular weight excluding hydrogens is 217 g/mol. The monoisotopic (exact) mass is 231 g/mol. The average molecular weight is 231 g/mol. The van der Waals surface area contributed by atoms with Gasteiger partial charge in [0.2, 0.25) is 0 Å². The van der Waals surface area contributed by atoms with Crippen LogP contribution in [-0.2, 0) is 4.74 Å². The Kier molecular flexibility index (Phi) is 4.93. The van der Waals surface area contributed by atoms with Crippen molar-refractivity contribution in [3.05, 3.63) is 24.0 Å². The maximum Gasteiger partial charge on any atom is 0.159 e. The van der Waals surface area contributed by atoms with Gasteiger partial charge in [-0.25, -0.2) is 14.4 Å². The Morgan fingerprint density at radius 3 is 2.60 bits per heavy atom. The van der Waals surface area contributed by atoms with E-state index in [2.05, 4.69) is 9.97 Å². The Hall–Kier alpha value is -0.720. The fraction of sp³-hybridized carbons (Fsp3) is 0.556. The molecule has 0 aliphatic carbocycles. The molecule has 1 aromatic heterocycles. The second-order valence-corrected chi connectivity index (χ2v) is 3.99. The van der Waals surface area contributed by atoms with Gasteiger partial charge in [-0.3, -0.25) is 5.14 Å².